The van der Waals surface area contributed by atoms with Gasteiger partial charge in [0.25, 0.3) is 0 Å². The van der Waals surface area contributed by atoms with Crippen molar-refractivity contribution in [3.05, 3.63) is 35.9 Å². The number of hydrogen-bond donors (Lipinski definition) is 1. The molecular weight excluding hydrogens is 266 g/mol. The molecule has 4 heteroatoms. The zero-order valence-electron chi connectivity index (χ0n) is 13.2. The van der Waals surface area contributed by atoms with E-state index in [1.807, 2.05) is 58.0 Å². The normalized spacial score (nSPS) is 26.5. The minimum Gasteiger partial charge on any atom is -0.444 e. The van der Waals surface area contributed by atoms with Gasteiger partial charge in [-0.1, -0.05) is 37.3 Å². The number of carbonyl (C=O) groups is 1. The lowest BCUT2D eigenvalue weighted by Gasteiger charge is -2.41. The van der Waals surface area contributed by atoms with Crippen LogP contribution in [0.2, 0.25) is 0 Å². The molecule has 0 saturated carbocycles. The fourth-order valence-corrected chi connectivity index (χ4v) is 2.66. The number of nitrogens with zero attached hydrogens (tertiary/aromatic N) is 1. The molecule has 1 aliphatic heterocycles. The largest absolute Gasteiger partial charge is 0.444 e. The molecule has 2 rings (SSSR count). The van der Waals surface area contributed by atoms with Crippen LogP contribution >= 0.6 is 0 Å². The summed E-state index contributed by atoms with van der Waals surface area (Å²) in [6.07, 6.45) is -0.159. The first kappa shape index (κ1) is 15.8. The molecule has 1 amide bonds. The molecule has 116 valence electrons. The van der Waals surface area contributed by atoms with E-state index >= 15 is 0 Å². The van der Waals surface area contributed by atoms with E-state index in [1.165, 1.54) is 0 Å². The van der Waals surface area contributed by atoms with Crippen molar-refractivity contribution in [1.29, 1.82) is 0 Å². The number of likely N-dealkylation sites (tertiary alicyclic amines) is 1. The van der Waals surface area contributed by atoms with Gasteiger partial charge in [-0.25, -0.2) is 4.79 Å². The Morgan fingerprint density at radius 3 is 2.48 bits per heavy atom. The summed E-state index contributed by atoms with van der Waals surface area (Å²) in [6.45, 7) is 8.07. The Bertz CT molecular complexity index is 481. The summed E-state index contributed by atoms with van der Waals surface area (Å²) in [4.78, 5) is 14.2. The van der Waals surface area contributed by atoms with Crippen LogP contribution < -0.4 is 0 Å². The lowest BCUT2D eigenvalue weighted by Crippen LogP contribution is -2.48. The van der Waals surface area contributed by atoms with Crippen molar-refractivity contribution in [3.8, 4) is 0 Å². The van der Waals surface area contributed by atoms with E-state index in [2.05, 4.69) is 0 Å². The molecule has 0 aliphatic carbocycles. The molecule has 0 bridgehead atoms. The summed E-state index contributed by atoms with van der Waals surface area (Å²) in [5, 5.41) is 10.2. The second kappa shape index (κ2) is 6.06. The van der Waals surface area contributed by atoms with Crippen LogP contribution in [0, 0.1) is 5.92 Å². The fraction of sp³-hybridized carbons (Fsp3) is 0.588. The number of piperidine rings is 1. The summed E-state index contributed by atoms with van der Waals surface area (Å²) in [5.74, 6) is 0.0532. The Morgan fingerprint density at radius 2 is 1.90 bits per heavy atom. The van der Waals surface area contributed by atoms with Crippen LogP contribution in [0.5, 0.6) is 0 Å². The molecule has 1 N–H and O–H groups in total. The van der Waals surface area contributed by atoms with Crippen LogP contribution in [0.25, 0.3) is 0 Å². The van der Waals surface area contributed by atoms with Crippen molar-refractivity contribution in [2.75, 3.05) is 6.54 Å². The average Bonchev–Trinajstić information content (AvgIpc) is 2.40. The van der Waals surface area contributed by atoms with Crippen LogP contribution in [0.15, 0.2) is 30.3 Å². The van der Waals surface area contributed by atoms with Crippen molar-refractivity contribution in [1.82, 2.24) is 4.90 Å². The van der Waals surface area contributed by atoms with Crippen LogP contribution in [0.4, 0.5) is 4.79 Å². The van der Waals surface area contributed by atoms with Gasteiger partial charge in [0.1, 0.15) is 5.60 Å². The minimum absolute atomic E-state index is 0.0532. The third kappa shape index (κ3) is 3.97. The van der Waals surface area contributed by atoms with E-state index in [0.717, 1.165) is 5.56 Å². The maximum absolute atomic E-state index is 12.5. The molecule has 1 heterocycles. The second-order valence-electron chi connectivity index (χ2n) is 6.84. The average molecular weight is 291 g/mol. The smallest absolute Gasteiger partial charge is 0.410 e. The third-order valence-corrected chi connectivity index (χ3v) is 3.79. The Hall–Kier alpha value is -1.55. The van der Waals surface area contributed by atoms with E-state index in [0.29, 0.717) is 13.0 Å². The molecule has 3 atom stereocenters. The summed E-state index contributed by atoms with van der Waals surface area (Å²) in [7, 11) is 0. The van der Waals surface area contributed by atoms with E-state index in [4.69, 9.17) is 4.74 Å². The molecule has 1 fully saturated rings. The Kier molecular flexibility index (Phi) is 4.57. The van der Waals surface area contributed by atoms with Crippen LogP contribution in [0.1, 0.15) is 45.7 Å². The topological polar surface area (TPSA) is 49.8 Å². The monoisotopic (exact) mass is 291 g/mol. The zero-order chi connectivity index (χ0) is 15.6. The SMILES string of the molecule is C[C@@H]1CN(C(=O)OC(C)(C)C)[C@@H](c2ccccc2)C[C@@H]1O. The summed E-state index contributed by atoms with van der Waals surface area (Å²) >= 11 is 0. The summed E-state index contributed by atoms with van der Waals surface area (Å²) in [6, 6.07) is 9.70. The lowest BCUT2D eigenvalue weighted by molar-refractivity contribution is -0.0271. The maximum atomic E-state index is 12.5. The van der Waals surface area contributed by atoms with Crippen molar-refractivity contribution >= 4 is 6.09 Å². The Morgan fingerprint density at radius 1 is 1.29 bits per heavy atom. The van der Waals surface area contributed by atoms with Gasteiger partial charge in [-0.3, -0.25) is 0 Å². The molecule has 0 aromatic heterocycles. The summed E-state index contributed by atoms with van der Waals surface area (Å²) in [5.41, 5.74) is 0.520. The molecular formula is C17H25NO3. The number of rotatable bonds is 1. The Labute approximate surface area is 126 Å². The quantitative estimate of drug-likeness (QED) is 0.863. The van der Waals surface area contributed by atoms with Crippen molar-refractivity contribution < 1.29 is 14.6 Å². The van der Waals surface area contributed by atoms with Gasteiger partial charge in [0.2, 0.25) is 0 Å². The van der Waals surface area contributed by atoms with Crippen LogP contribution in [0.3, 0.4) is 0 Å². The molecule has 1 aromatic carbocycles. The molecule has 21 heavy (non-hydrogen) atoms. The minimum atomic E-state index is -0.516. The number of aliphatic hydroxyl groups is 1. The first-order valence-electron chi connectivity index (χ1n) is 7.50. The standard InChI is InChI=1S/C17H25NO3/c1-12-11-18(16(20)21-17(2,3)4)14(10-15(12)19)13-8-6-5-7-9-13/h5-9,12,14-15,19H,10-11H2,1-4H3/t12-,14-,15+/m1/s1. The molecule has 1 aromatic rings. The lowest BCUT2D eigenvalue weighted by atomic mass is 9.88. The van der Waals surface area contributed by atoms with Crippen molar-refractivity contribution in [2.45, 2.75) is 51.9 Å². The van der Waals surface area contributed by atoms with Gasteiger partial charge in [-0.2, -0.15) is 0 Å². The van der Waals surface area contributed by atoms with Gasteiger partial charge in [-0.05, 0) is 38.7 Å². The van der Waals surface area contributed by atoms with E-state index < -0.39 is 11.7 Å². The van der Waals surface area contributed by atoms with Gasteiger partial charge < -0.3 is 14.7 Å². The number of amides is 1. The number of ether oxygens (including phenoxy) is 1. The predicted octanol–water partition coefficient (Wildman–Crippen LogP) is 3.37. The van der Waals surface area contributed by atoms with Crippen molar-refractivity contribution in [3.63, 3.8) is 0 Å². The molecule has 0 unspecified atom stereocenters. The first-order valence-corrected chi connectivity index (χ1v) is 7.50. The van der Waals surface area contributed by atoms with Crippen LogP contribution in [-0.2, 0) is 4.74 Å². The number of hydrogen-bond acceptors (Lipinski definition) is 3. The second-order valence-corrected chi connectivity index (χ2v) is 6.84. The number of benzene rings is 1. The highest BCUT2D eigenvalue weighted by atomic mass is 16.6. The van der Waals surface area contributed by atoms with Gasteiger partial charge >= 0.3 is 6.09 Å². The van der Waals surface area contributed by atoms with E-state index in [-0.39, 0.29) is 18.1 Å². The zero-order valence-corrected chi connectivity index (χ0v) is 13.2. The van der Waals surface area contributed by atoms with Gasteiger partial charge in [-0.15, -0.1) is 0 Å². The first-order chi connectivity index (χ1) is 9.78. The van der Waals surface area contributed by atoms with Gasteiger partial charge in [0.15, 0.2) is 0 Å². The molecule has 4 nitrogen and oxygen atoms in total. The molecule has 1 saturated heterocycles. The highest BCUT2D eigenvalue weighted by Gasteiger charge is 2.37. The number of carbonyl (C=O) groups excluding carboxylic acids is 1. The predicted molar refractivity (Wildman–Crippen MR) is 81.9 cm³/mol. The molecule has 0 spiro atoms. The molecule has 1 aliphatic rings. The number of aliphatic hydroxyl groups excluding tert-OH is 1. The fourth-order valence-electron chi connectivity index (χ4n) is 2.66. The Balaban J connectivity index is 2.24. The van der Waals surface area contributed by atoms with E-state index in [1.54, 1.807) is 4.90 Å². The highest BCUT2D eigenvalue weighted by molar-refractivity contribution is 5.69. The van der Waals surface area contributed by atoms with Crippen LogP contribution in [-0.4, -0.2) is 34.3 Å². The maximum Gasteiger partial charge on any atom is 0.410 e. The van der Waals surface area contributed by atoms with Gasteiger partial charge in [0.05, 0.1) is 12.1 Å². The summed E-state index contributed by atoms with van der Waals surface area (Å²) < 4.78 is 5.52. The van der Waals surface area contributed by atoms with E-state index in [9.17, 15) is 9.90 Å². The van der Waals surface area contributed by atoms with Crippen molar-refractivity contribution in [2.24, 2.45) is 5.92 Å². The third-order valence-electron chi connectivity index (χ3n) is 3.79. The highest BCUT2D eigenvalue weighted by Crippen LogP contribution is 2.34. The van der Waals surface area contributed by atoms with Gasteiger partial charge in [0, 0.05) is 6.54 Å². The molecule has 0 radical (unpaired) electrons.